The van der Waals surface area contributed by atoms with E-state index in [1.165, 1.54) is 16.8 Å². The molecule has 114 valence electrons. The third kappa shape index (κ3) is 3.30. The second-order valence-corrected chi connectivity index (χ2v) is 7.42. The van der Waals surface area contributed by atoms with Gasteiger partial charge in [0.15, 0.2) is 0 Å². The molecule has 2 aromatic rings. The van der Waals surface area contributed by atoms with Crippen molar-refractivity contribution in [1.82, 2.24) is 9.78 Å². The molecule has 0 radical (unpaired) electrons. The van der Waals surface area contributed by atoms with Crippen molar-refractivity contribution in [2.45, 2.75) is 25.7 Å². The number of halogens is 3. The highest BCUT2D eigenvalue weighted by Gasteiger charge is 2.33. The van der Waals surface area contributed by atoms with Gasteiger partial charge in [0.1, 0.15) is 0 Å². The van der Waals surface area contributed by atoms with Crippen molar-refractivity contribution >= 4 is 47.8 Å². The van der Waals surface area contributed by atoms with Crippen LogP contribution in [-0.4, -0.2) is 20.4 Å². The fourth-order valence-corrected chi connectivity index (χ4v) is 5.14. The molecule has 0 amide bonds. The van der Waals surface area contributed by atoms with Crippen LogP contribution in [0.4, 0.5) is 0 Å². The fourth-order valence-electron chi connectivity index (χ4n) is 2.73. The van der Waals surface area contributed by atoms with Crippen LogP contribution in [-0.2, 0) is 18.9 Å². The van der Waals surface area contributed by atoms with Gasteiger partial charge in [-0.1, -0.05) is 56.1 Å². The second kappa shape index (κ2) is 6.97. The molecular formula is C16H19Br3N2. The van der Waals surface area contributed by atoms with Gasteiger partial charge in [-0.3, -0.25) is 4.68 Å². The summed E-state index contributed by atoms with van der Waals surface area (Å²) in [4.78, 5) is 0. The van der Waals surface area contributed by atoms with Crippen molar-refractivity contribution in [2.24, 2.45) is 7.05 Å². The monoisotopic (exact) mass is 476 g/mol. The van der Waals surface area contributed by atoms with Crippen LogP contribution in [0.5, 0.6) is 0 Å². The summed E-state index contributed by atoms with van der Waals surface area (Å²) in [5, 5.41) is 6.31. The molecule has 0 saturated carbocycles. The van der Waals surface area contributed by atoms with E-state index in [1.54, 1.807) is 0 Å². The molecule has 0 atom stereocenters. The minimum atomic E-state index is 0.00803. The lowest BCUT2D eigenvalue weighted by Gasteiger charge is -2.32. The van der Waals surface area contributed by atoms with Crippen molar-refractivity contribution in [1.29, 1.82) is 0 Å². The third-order valence-electron chi connectivity index (χ3n) is 4.00. The van der Waals surface area contributed by atoms with E-state index < -0.39 is 0 Å². The first-order valence-electron chi connectivity index (χ1n) is 6.81. The second-order valence-electron chi connectivity index (χ2n) is 5.51. The van der Waals surface area contributed by atoms with Crippen molar-refractivity contribution < 1.29 is 0 Å². The molecule has 2 nitrogen and oxygen atoms in total. The normalized spacial score (nSPS) is 11.9. The van der Waals surface area contributed by atoms with Crippen LogP contribution < -0.4 is 0 Å². The van der Waals surface area contributed by atoms with Crippen LogP contribution in [0.15, 0.2) is 28.7 Å². The van der Waals surface area contributed by atoms with E-state index in [-0.39, 0.29) is 5.41 Å². The number of aryl methyl sites for hydroxylation is 3. The van der Waals surface area contributed by atoms with Gasteiger partial charge in [-0.2, -0.15) is 5.10 Å². The van der Waals surface area contributed by atoms with Gasteiger partial charge in [0, 0.05) is 29.5 Å². The molecule has 0 fully saturated rings. The predicted octanol–water partition coefficient (Wildman–Crippen LogP) is 5.07. The van der Waals surface area contributed by atoms with E-state index in [9.17, 15) is 0 Å². The molecule has 0 bridgehead atoms. The van der Waals surface area contributed by atoms with Crippen LogP contribution in [0, 0.1) is 13.8 Å². The summed E-state index contributed by atoms with van der Waals surface area (Å²) in [5.41, 5.74) is 4.98. The van der Waals surface area contributed by atoms with Gasteiger partial charge in [0.25, 0.3) is 0 Å². The Morgan fingerprint density at radius 3 is 2.24 bits per heavy atom. The summed E-state index contributed by atoms with van der Waals surface area (Å²) < 4.78 is 3.10. The first kappa shape index (κ1) is 17.2. The lowest BCUT2D eigenvalue weighted by atomic mass is 9.78. The fraction of sp³-hybridized carbons (Fsp3) is 0.438. The predicted molar refractivity (Wildman–Crippen MR) is 99.8 cm³/mol. The average molecular weight is 479 g/mol. The molecule has 5 heteroatoms. The zero-order valence-electron chi connectivity index (χ0n) is 12.5. The first-order chi connectivity index (χ1) is 9.95. The molecular weight excluding hydrogens is 460 g/mol. The summed E-state index contributed by atoms with van der Waals surface area (Å²) in [7, 11) is 2.01. The Labute approximate surface area is 151 Å². The molecule has 0 unspecified atom stereocenters. The maximum absolute atomic E-state index is 4.52. The Kier molecular flexibility index (Phi) is 5.71. The quantitative estimate of drug-likeness (QED) is 0.548. The van der Waals surface area contributed by atoms with Gasteiger partial charge in [-0.25, -0.2) is 0 Å². The Hall–Kier alpha value is -0.130. The van der Waals surface area contributed by atoms with E-state index in [2.05, 4.69) is 84.1 Å². The summed E-state index contributed by atoms with van der Waals surface area (Å²) in [6, 6.07) is 8.62. The molecule has 0 N–H and O–H groups in total. The Bertz CT molecular complexity index is 630. The van der Waals surface area contributed by atoms with Gasteiger partial charge in [-0.15, -0.1) is 0 Å². The molecule has 2 rings (SSSR count). The average Bonchev–Trinajstić information content (AvgIpc) is 2.71. The molecule has 0 aliphatic rings. The number of alkyl halides is 2. The lowest BCUT2D eigenvalue weighted by molar-refractivity contribution is 0.519. The molecule has 1 aromatic heterocycles. The van der Waals surface area contributed by atoms with E-state index in [0.717, 1.165) is 27.2 Å². The zero-order chi connectivity index (χ0) is 15.6. The third-order valence-corrected chi connectivity index (χ3v) is 7.17. The summed E-state index contributed by atoms with van der Waals surface area (Å²) in [5.74, 6) is 0. The van der Waals surface area contributed by atoms with Gasteiger partial charge >= 0.3 is 0 Å². The number of rotatable bonds is 5. The topological polar surface area (TPSA) is 17.8 Å². The molecule has 0 aliphatic carbocycles. The Balaban J connectivity index is 2.51. The van der Waals surface area contributed by atoms with Gasteiger partial charge < -0.3 is 0 Å². The first-order valence-corrected chi connectivity index (χ1v) is 9.85. The molecule has 1 aromatic carbocycles. The number of nitrogens with zero attached hydrogens (tertiary/aromatic N) is 2. The minimum absolute atomic E-state index is 0.00803. The molecule has 21 heavy (non-hydrogen) atoms. The van der Waals surface area contributed by atoms with Gasteiger partial charge in [0.05, 0.1) is 15.9 Å². The lowest BCUT2D eigenvalue weighted by Crippen LogP contribution is -2.34. The molecule has 0 aliphatic heterocycles. The maximum Gasteiger partial charge on any atom is 0.0738 e. The van der Waals surface area contributed by atoms with Crippen LogP contribution in [0.3, 0.4) is 0 Å². The number of hydrogen-bond donors (Lipinski definition) is 0. The summed E-state index contributed by atoms with van der Waals surface area (Å²) in [6.07, 6.45) is 0.923. The molecule has 0 spiro atoms. The van der Waals surface area contributed by atoms with E-state index in [4.69, 9.17) is 0 Å². The highest BCUT2D eigenvalue weighted by Crippen LogP contribution is 2.36. The van der Waals surface area contributed by atoms with Crippen molar-refractivity contribution in [3.63, 3.8) is 0 Å². The molecule has 1 heterocycles. The van der Waals surface area contributed by atoms with E-state index in [0.29, 0.717) is 0 Å². The van der Waals surface area contributed by atoms with E-state index in [1.807, 2.05) is 18.7 Å². The SMILES string of the molecule is Cc1ccccc1C(CBr)(CBr)Cc1c(Br)c(C)nn1C. The summed E-state index contributed by atoms with van der Waals surface area (Å²) >= 11 is 11.2. The van der Waals surface area contributed by atoms with E-state index >= 15 is 0 Å². The number of aromatic nitrogens is 2. The van der Waals surface area contributed by atoms with Crippen molar-refractivity contribution in [3.8, 4) is 0 Å². The van der Waals surface area contributed by atoms with Crippen LogP contribution in [0.1, 0.15) is 22.5 Å². The van der Waals surface area contributed by atoms with Crippen molar-refractivity contribution in [3.05, 3.63) is 51.3 Å². The smallest absolute Gasteiger partial charge is 0.0738 e. The Morgan fingerprint density at radius 1 is 1.14 bits per heavy atom. The maximum atomic E-state index is 4.52. The zero-order valence-corrected chi connectivity index (χ0v) is 17.2. The van der Waals surface area contributed by atoms with Gasteiger partial charge in [-0.05, 0) is 40.9 Å². The summed E-state index contributed by atoms with van der Waals surface area (Å²) in [6.45, 7) is 4.21. The highest BCUT2D eigenvalue weighted by atomic mass is 79.9. The largest absolute Gasteiger partial charge is 0.271 e. The van der Waals surface area contributed by atoms with Crippen LogP contribution in [0.25, 0.3) is 0 Å². The number of benzene rings is 1. The van der Waals surface area contributed by atoms with Crippen LogP contribution >= 0.6 is 47.8 Å². The molecule has 0 saturated heterocycles. The minimum Gasteiger partial charge on any atom is -0.271 e. The number of hydrogen-bond acceptors (Lipinski definition) is 1. The van der Waals surface area contributed by atoms with Crippen LogP contribution in [0.2, 0.25) is 0 Å². The Morgan fingerprint density at radius 2 is 1.76 bits per heavy atom. The van der Waals surface area contributed by atoms with Gasteiger partial charge in [0.2, 0.25) is 0 Å². The van der Waals surface area contributed by atoms with Crippen molar-refractivity contribution in [2.75, 3.05) is 10.7 Å². The standard InChI is InChI=1S/C16H19Br3N2/c1-11-6-4-5-7-13(11)16(9-17,10-18)8-14-15(19)12(2)20-21(14)3/h4-7H,8-10H2,1-3H3. The highest BCUT2D eigenvalue weighted by molar-refractivity contribution is 9.10.